The lowest BCUT2D eigenvalue weighted by molar-refractivity contribution is 0.157. The SMILES string of the molecule is CN1CC2CN(S)CC3CCCCC3C2C1. The molecule has 4 atom stereocenters. The van der Waals surface area contributed by atoms with E-state index in [4.69, 9.17) is 0 Å². The van der Waals surface area contributed by atoms with Gasteiger partial charge in [0.25, 0.3) is 0 Å². The zero-order valence-corrected chi connectivity index (χ0v) is 11.2. The van der Waals surface area contributed by atoms with Gasteiger partial charge in [0, 0.05) is 26.2 Å². The second kappa shape index (κ2) is 4.51. The summed E-state index contributed by atoms with van der Waals surface area (Å²) in [5.41, 5.74) is 0. The molecule has 0 aromatic carbocycles. The zero-order chi connectivity index (χ0) is 11.1. The number of nitrogens with zero attached hydrogens (tertiary/aromatic N) is 2. The van der Waals surface area contributed by atoms with E-state index < -0.39 is 0 Å². The number of thiol groups is 1. The maximum Gasteiger partial charge on any atom is 0.0131 e. The predicted octanol–water partition coefficient (Wildman–Crippen LogP) is 2.13. The van der Waals surface area contributed by atoms with Crippen LogP contribution in [0.25, 0.3) is 0 Å². The molecule has 0 spiro atoms. The lowest BCUT2D eigenvalue weighted by Crippen LogP contribution is -2.31. The summed E-state index contributed by atoms with van der Waals surface area (Å²) in [5.74, 6) is 3.79. The topological polar surface area (TPSA) is 6.48 Å². The predicted molar refractivity (Wildman–Crippen MR) is 70.5 cm³/mol. The largest absolute Gasteiger partial charge is 0.306 e. The van der Waals surface area contributed by atoms with E-state index in [0.29, 0.717) is 0 Å². The molecule has 3 rings (SSSR count). The van der Waals surface area contributed by atoms with Crippen molar-refractivity contribution in [3.8, 4) is 0 Å². The van der Waals surface area contributed by atoms with Gasteiger partial charge in [-0.25, -0.2) is 0 Å². The summed E-state index contributed by atoms with van der Waals surface area (Å²) in [6.45, 7) is 5.09. The summed E-state index contributed by atoms with van der Waals surface area (Å²) < 4.78 is 2.31. The Labute approximate surface area is 105 Å². The molecule has 16 heavy (non-hydrogen) atoms. The van der Waals surface area contributed by atoms with Gasteiger partial charge in [-0.2, -0.15) is 0 Å². The third kappa shape index (κ3) is 2.02. The lowest BCUT2D eigenvalue weighted by Gasteiger charge is -2.35. The monoisotopic (exact) mass is 240 g/mol. The highest BCUT2D eigenvalue weighted by Gasteiger charge is 2.43. The second-order valence-corrected chi connectivity index (χ2v) is 6.79. The van der Waals surface area contributed by atoms with E-state index >= 15 is 0 Å². The summed E-state index contributed by atoms with van der Waals surface area (Å²) in [6, 6.07) is 0. The average Bonchev–Trinajstić information content (AvgIpc) is 2.54. The van der Waals surface area contributed by atoms with Crippen molar-refractivity contribution < 1.29 is 0 Å². The quantitative estimate of drug-likeness (QED) is 0.648. The first kappa shape index (κ1) is 11.4. The van der Waals surface area contributed by atoms with Crippen LogP contribution >= 0.6 is 12.8 Å². The van der Waals surface area contributed by atoms with E-state index in [9.17, 15) is 0 Å². The van der Waals surface area contributed by atoms with Crippen LogP contribution in [0, 0.1) is 23.7 Å². The average molecular weight is 240 g/mol. The lowest BCUT2D eigenvalue weighted by atomic mass is 9.70. The highest BCUT2D eigenvalue weighted by molar-refractivity contribution is 7.77. The molecule has 2 nitrogen and oxygen atoms in total. The molecule has 0 aromatic heterocycles. The van der Waals surface area contributed by atoms with Gasteiger partial charge in [-0.3, -0.25) is 4.31 Å². The summed E-state index contributed by atoms with van der Waals surface area (Å²) in [5, 5.41) is 0. The first-order valence-corrected chi connectivity index (χ1v) is 7.26. The van der Waals surface area contributed by atoms with Gasteiger partial charge < -0.3 is 4.90 Å². The standard InChI is InChI=1S/C13H24N2S/c1-14-6-11-8-15(16)7-10-4-2-3-5-12(10)13(11)9-14/h10-13,16H,2-9H2,1H3. The Kier molecular flexibility index (Phi) is 3.20. The molecular formula is C13H24N2S. The maximum absolute atomic E-state index is 4.67. The smallest absolute Gasteiger partial charge is 0.0131 e. The van der Waals surface area contributed by atoms with Crippen LogP contribution < -0.4 is 0 Å². The molecule has 0 N–H and O–H groups in total. The normalized spacial score (nSPS) is 46.1. The van der Waals surface area contributed by atoms with E-state index in [1.54, 1.807) is 0 Å². The van der Waals surface area contributed by atoms with E-state index in [1.165, 1.54) is 51.9 Å². The molecule has 1 saturated carbocycles. The van der Waals surface area contributed by atoms with E-state index in [-0.39, 0.29) is 0 Å². The molecule has 0 bridgehead atoms. The molecule has 92 valence electrons. The molecular weight excluding hydrogens is 216 g/mol. The van der Waals surface area contributed by atoms with Crippen molar-refractivity contribution in [3.63, 3.8) is 0 Å². The number of fused-ring (bicyclic) bond motifs is 3. The van der Waals surface area contributed by atoms with Crippen LogP contribution in [0.3, 0.4) is 0 Å². The van der Waals surface area contributed by atoms with Crippen molar-refractivity contribution in [1.29, 1.82) is 0 Å². The van der Waals surface area contributed by atoms with E-state index in [2.05, 4.69) is 29.1 Å². The molecule has 3 fully saturated rings. The van der Waals surface area contributed by atoms with Gasteiger partial charge in [-0.1, -0.05) is 25.7 Å². The first-order chi connectivity index (χ1) is 7.74. The fraction of sp³-hybridized carbons (Fsp3) is 1.00. The minimum atomic E-state index is 0.885. The van der Waals surface area contributed by atoms with Crippen LogP contribution in [0.2, 0.25) is 0 Å². The van der Waals surface area contributed by atoms with Crippen LogP contribution in [0.1, 0.15) is 25.7 Å². The molecule has 0 amide bonds. The maximum atomic E-state index is 4.67. The van der Waals surface area contributed by atoms with Gasteiger partial charge in [0.15, 0.2) is 0 Å². The van der Waals surface area contributed by atoms with Crippen molar-refractivity contribution in [2.45, 2.75) is 25.7 Å². The van der Waals surface area contributed by atoms with Crippen molar-refractivity contribution in [2.75, 3.05) is 33.2 Å². The van der Waals surface area contributed by atoms with Gasteiger partial charge in [0.1, 0.15) is 0 Å². The second-order valence-electron chi connectivity index (χ2n) is 6.23. The van der Waals surface area contributed by atoms with E-state index in [1.807, 2.05) is 0 Å². The minimum Gasteiger partial charge on any atom is -0.306 e. The van der Waals surface area contributed by atoms with Gasteiger partial charge in [0.05, 0.1) is 0 Å². The number of hydrogen-bond donors (Lipinski definition) is 1. The minimum absolute atomic E-state index is 0.885. The Balaban J connectivity index is 1.81. The molecule has 3 aliphatic rings. The van der Waals surface area contributed by atoms with Crippen molar-refractivity contribution in [1.82, 2.24) is 9.21 Å². The van der Waals surface area contributed by atoms with Crippen LogP contribution in [0.15, 0.2) is 0 Å². The molecule has 0 radical (unpaired) electrons. The molecule has 1 aliphatic carbocycles. The Morgan fingerprint density at radius 1 is 0.875 bits per heavy atom. The Morgan fingerprint density at radius 2 is 1.62 bits per heavy atom. The Hall–Kier alpha value is 0.270. The summed E-state index contributed by atoms with van der Waals surface area (Å²) >= 11 is 4.67. The Bertz CT molecular complexity index is 256. The Morgan fingerprint density at radius 3 is 2.50 bits per heavy atom. The molecule has 2 aliphatic heterocycles. The summed E-state index contributed by atoms with van der Waals surface area (Å²) in [6.07, 6.45) is 5.87. The fourth-order valence-electron chi connectivity index (χ4n) is 4.44. The van der Waals surface area contributed by atoms with Crippen LogP contribution in [-0.2, 0) is 0 Å². The van der Waals surface area contributed by atoms with Gasteiger partial charge in [-0.05, 0) is 43.6 Å². The number of likely N-dealkylation sites (tertiary alicyclic amines) is 1. The molecule has 2 heterocycles. The highest BCUT2D eigenvalue weighted by Crippen LogP contribution is 2.44. The van der Waals surface area contributed by atoms with Gasteiger partial charge >= 0.3 is 0 Å². The summed E-state index contributed by atoms with van der Waals surface area (Å²) in [4.78, 5) is 2.54. The van der Waals surface area contributed by atoms with Crippen LogP contribution in [0.5, 0.6) is 0 Å². The van der Waals surface area contributed by atoms with Gasteiger partial charge in [-0.15, -0.1) is 0 Å². The van der Waals surface area contributed by atoms with Crippen molar-refractivity contribution in [2.24, 2.45) is 23.7 Å². The third-order valence-corrected chi connectivity index (χ3v) is 5.41. The van der Waals surface area contributed by atoms with Crippen LogP contribution in [-0.4, -0.2) is 42.4 Å². The molecule has 4 unspecified atom stereocenters. The van der Waals surface area contributed by atoms with Gasteiger partial charge in [0.2, 0.25) is 0 Å². The molecule has 3 heteroatoms. The number of hydrogen-bond acceptors (Lipinski definition) is 3. The number of rotatable bonds is 0. The summed E-state index contributed by atoms with van der Waals surface area (Å²) in [7, 11) is 2.29. The molecule has 2 saturated heterocycles. The van der Waals surface area contributed by atoms with E-state index in [0.717, 1.165) is 23.7 Å². The molecule has 0 aromatic rings. The first-order valence-electron chi connectivity index (χ1n) is 6.86. The van der Waals surface area contributed by atoms with Crippen molar-refractivity contribution >= 4 is 12.8 Å². The van der Waals surface area contributed by atoms with Crippen molar-refractivity contribution in [3.05, 3.63) is 0 Å². The highest BCUT2D eigenvalue weighted by atomic mass is 32.1. The van der Waals surface area contributed by atoms with Crippen LogP contribution in [0.4, 0.5) is 0 Å². The third-order valence-electron chi connectivity index (χ3n) is 5.08. The fourth-order valence-corrected chi connectivity index (χ4v) is 4.86. The zero-order valence-electron chi connectivity index (χ0n) is 10.3.